The first-order valence-electron chi connectivity index (χ1n) is 6.16. The number of amides is 1. The van der Waals surface area contributed by atoms with Gasteiger partial charge in [-0.25, -0.2) is 0 Å². The summed E-state index contributed by atoms with van der Waals surface area (Å²) in [7, 11) is 1.87. The van der Waals surface area contributed by atoms with Gasteiger partial charge < -0.3 is 10.2 Å². The molecule has 0 bridgehead atoms. The van der Waals surface area contributed by atoms with Gasteiger partial charge in [0.15, 0.2) is 0 Å². The molecule has 0 aliphatic heterocycles. The molecule has 1 amide bonds. The number of benzene rings is 1. The molecule has 4 heteroatoms. The van der Waals surface area contributed by atoms with Gasteiger partial charge >= 0.3 is 0 Å². The summed E-state index contributed by atoms with van der Waals surface area (Å²) in [5.74, 6) is 0.245. The van der Waals surface area contributed by atoms with Crippen molar-refractivity contribution in [1.82, 2.24) is 10.2 Å². The van der Waals surface area contributed by atoms with Crippen LogP contribution < -0.4 is 5.32 Å². The third-order valence-electron chi connectivity index (χ3n) is 2.84. The Hall–Kier alpha value is -1.06. The smallest absolute Gasteiger partial charge is 0.226 e. The zero-order valence-electron chi connectivity index (χ0n) is 11.3. The Bertz CT molecular complexity index is 343. The van der Waals surface area contributed by atoms with Gasteiger partial charge in [-0.3, -0.25) is 4.79 Å². The largest absolute Gasteiger partial charge is 0.338 e. The molecular weight excluding hydrogens is 248 g/mol. The molecule has 1 aromatic rings. The Morgan fingerprint density at radius 3 is 2.44 bits per heavy atom. The first-order chi connectivity index (χ1) is 8.19. The van der Waals surface area contributed by atoms with E-state index in [0.29, 0.717) is 6.54 Å². The van der Waals surface area contributed by atoms with Crippen LogP contribution in [-0.2, 0) is 11.3 Å². The monoisotopic (exact) mass is 270 g/mol. The van der Waals surface area contributed by atoms with E-state index in [-0.39, 0.29) is 24.2 Å². The molecule has 1 unspecified atom stereocenters. The van der Waals surface area contributed by atoms with Crippen molar-refractivity contribution >= 4 is 18.3 Å². The second-order valence-electron chi connectivity index (χ2n) is 4.30. The standard InChI is InChI=1S/C14H22N2O.ClH/c1-4-16(14(17)12(2)10-15-3)11-13-8-6-5-7-9-13;/h5-9,12,15H,4,10-11H2,1-3H3;1H. The van der Waals surface area contributed by atoms with Crippen molar-refractivity contribution in [2.45, 2.75) is 20.4 Å². The maximum atomic E-state index is 12.2. The number of carbonyl (C=O) groups excluding carboxylic acids is 1. The van der Waals surface area contributed by atoms with Gasteiger partial charge in [0.05, 0.1) is 0 Å². The maximum absolute atomic E-state index is 12.2. The lowest BCUT2D eigenvalue weighted by atomic mass is 10.1. The van der Waals surface area contributed by atoms with Crippen LogP contribution in [-0.4, -0.2) is 30.9 Å². The number of carbonyl (C=O) groups is 1. The van der Waals surface area contributed by atoms with Crippen LogP contribution in [0, 0.1) is 5.92 Å². The van der Waals surface area contributed by atoms with Crippen molar-refractivity contribution in [1.29, 1.82) is 0 Å². The van der Waals surface area contributed by atoms with Crippen LogP contribution in [0.4, 0.5) is 0 Å². The predicted octanol–water partition coefficient (Wildman–Crippen LogP) is 2.31. The van der Waals surface area contributed by atoms with E-state index in [0.717, 1.165) is 13.1 Å². The average Bonchev–Trinajstić information content (AvgIpc) is 2.36. The first kappa shape index (κ1) is 16.9. The summed E-state index contributed by atoms with van der Waals surface area (Å²) < 4.78 is 0. The molecule has 0 aliphatic rings. The molecule has 0 spiro atoms. The minimum atomic E-state index is 0. The molecule has 0 aliphatic carbocycles. The third kappa shape index (κ3) is 5.07. The van der Waals surface area contributed by atoms with Gasteiger partial charge in [0.1, 0.15) is 0 Å². The van der Waals surface area contributed by atoms with E-state index in [2.05, 4.69) is 17.4 Å². The Labute approximate surface area is 116 Å². The fourth-order valence-electron chi connectivity index (χ4n) is 1.85. The fourth-order valence-corrected chi connectivity index (χ4v) is 1.85. The van der Waals surface area contributed by atoms with Crippen LogP contribution in [0.5, 0.6) is 0 Å². The Morgan fingerprint density at radius 1 is 1.33 bits per heavy atom. The highest BCUT2D eigenvalue weighted by atomic mass is 35.5. The molecule has 1 aromatic carbocycles. The summed E-state index contributed by atoms with van der Waals surface area (Å²) in [6.07, 6.45) is 0. The summed E-state index contributed by atoms with van der Waals surface area (Å²) >= 11 is 0. The Morgan fingerprint density at radius 2 is 1.94 bits per heavy atom. The molecule has 0 heterocycles. The van der Waals surface area contributed by atoms with Crippen LogP contribution in [0.3, 0.4) is 0 Å². The van der Waals surface area contributed by atoms with Crippen LogP contribution >= 0.6 is 12.4 Å². The normalized spacial score (nSPS) is 11.5. The average molecular weight is 271 g/mol. The van der Waals surface area contributed by atoms with Crippen molar-refractivity contribution in [2.24, 2.45) is 5.92 Å². The molecule has 1 atom stereocenters. The minimum Gasteiger partial charge on any atom is -0.338 e. The first-order valence-corrected chi connectivity index (χ1v) is 6.16. The number of nitrogens with zero attached hydrogens (tertiary/aromatic N) is 1. The van der Waals surface area contributed by atoms with Gasteiger partial charge in [-0.05, 0) is 19.5 Å². The molecule has 0 saturated carbocycles. The topological polar surface area (TPSA) is 32.3 Å². The third-order valence-corrected chi connectivity index (χ3v) is 2.84. The number of hydrogen-bond acceptors (Lipinski definition) is 2. The molecule has 0 fully saturated rings. The van der Waals surface area contributed by atoms with Crippen LogP contribution in [0.1, 0.15) is 19.4 Å². The van der Waals surface area contributed by atoms with E-state index in [1.807, 2.05) is 44.0 Å². The van der Waals surface area contributed by atoms with Crippen molar-refractivity contribution in [3.63, 3.8) is 0 Å². The minimum absolute atomic E-state index is 0. The molecule has 3 nitrogen and oxygen atoms in total. The van der Waals surface area contributed by atoms with E-state index < -0.39 is 0 Å². The van der Waals surface area contributed by atoms with E-state index in [9.17, 15) is 4.79 Å². The van der Waals surface area contributed by atoms with Crippen molar-refractivity contribution in [2.75, 3.05) is 20.1 Å². The Kier molecular flexibility index (Phi) is 8.42. The summed E-state index contributed by atoms with van der Waals surface area (Å²) in [6, 6.07) is 10.1. The SMILES string of the molecule is CCN(Cc1ccccc1)C(=O)C(C)CNC.Cl. The van der Waals surface area contributed by atoms with Gasteiger partial charge in [0.2, 0.25) is 5.91 Å². The number of halogens is 1. The molecule has 0 aromatic heterocycles. The summed E-state index contributed by atoms with van der Waals surface area (Å²) in [4.78, 5) is 14.1. The molecule has 1 rings (SSSR count). The molecule has 0 radical (unpaired) electrons. The van der Waals surface area contributed by atoms with Crippen LogP contribution in [0.2, 0.25) is 0 Å². The van der Waals surface area contributed by atoms with Crippen molar-refractivity contribution in [3.05, 3.63) is 35.9 Å². The van der Waals surface area contributed by atoms with E-state index in [1.165, 1.54) is 5.56 Å². The predicted molar refractivity (Wildman–Crippen MR) is 77.9 cm³/mol. The highest BCUT2D eigenvalue weighted by Gasteiger charge is 2.18. The van der Waals surface area contributed by atoms with Crippen LogP contribution in [0.25, 0.3) is 0 Å². The lowest BCUT2D eigenvalue weighted by Gasteiger charge is -2.24. The van der Waals surface area contributed by atoms with Gasteiger partial charge in [-0.1, -0.05) is 37.3 Å². The molecule has 0 saturated heterocycles. The molecule has 18 heavy (non-hydrogen) atoms. The quantitative estimate of drug-likeness (QED) is 0.860. The maximum Gasteiger partial charge on any atom is 0.226 e. The van der Waals surface area contributed by atoms with Gasteiger partial charge in [0.25, 0.3) is 0 Å². The Balaban J connectivity index is 0.00000289. The van der Waals surface area contributed by atoms with Gasteiger partial charge in [-0.2, -0.15) is 0 Å². The van der Waals surface area contributed by atoms with E-state index in [1.54, 1.807) is 0 Å². The van der Waals surface area contributed by atoms with Gasteiger partial charge in [-0.15, -0.1) is 12.4 Å². The lowest BCUT2D eigenvalue weighted by molar-refractivity contribution is -0.135. The van der Waals surface area contributed by atoms with E-state index in [4.69, 9.17) is 0 Å². The molecule has 102 valence electrons. The fraction of sp³-hybridized carbons (Fsp3) is 0.500. The highest BCUT2D eigenvalue weighted by Crippen LogP contribution is 2.08. The summed E-state index contributed by atoms with van der Waals surface area (Å²) in [6.45, 7) is 6.16. The van der Waals surface area contributed by atoms with Gasteiger partial charge in [0, 0.05) is 25.6 Å². The number of nitrogens with one attached hydrogen (secondary N) is 1. The second-order valence-corrected chi connectivity index (χ2v) is 4.30. The summed E-state index contributed by atoms with van der Waals surface area (Å²) in [5.41, 5.74) is 1.18. The van der Waals surface area contributed by atoms with Crippen molar-refractivity contribution < 1.29 is 4.79 Å². The highest BCUT2D eigenvalue weighted by molar-refractivity contribution is 5.85. The number of hydrogen-bond donors (Lipinski definition) is 1. The number of rotatable bonds is 6. The lowest BCUT2D eigenvalue weighted by Crippen LogP contribution is -2.38. The zero-order chi connectivity index (χ0) is 12.7. The zero-order valence-corrected chi connectivity index (χ0v) is 12.2. The molecule has 1 N–H and O–H groups in total. The summed E-state index contributed by atoms with van der Waals surface area (Å²) in [5, 5.41) is 3.04. The molecular formula is C14H23ClN2O. The van der Waals surface area contributed by atoms with E-state index >= 15 is 0 Å². The van der Waals surface area contributed by atoms with Crippen LogP contribution in [0.15, 0.2) is 30.3 Å². The second kappa shape index (κ2) is 8.95. The van der Waals surface area contributed by atoms with Crippen molar-refractivity contribution in [3.8, 4) is 0 Å².